The standard InChI is InChI=1S/C41H39NO/c1-40(2,3)37-22-13-15-30(39(37)43)28-42-32-25-23-29(24-26-32)14-11-12-27-41(4,31-16-5-6-17-31)38-35-20-9-7-18-33(35)34-19-8-10-21-36(34)38/h5,7-10,13,15-26,28,38,43H,6,12,27H2,1-4H3/b42-28+. The van der Waals surface area contributed by atoms with Crippen molar-refractivity contribution in [2.75, 3.05) is 0 Å². The van der Waals surface area contributed by atoms with Gasteiger partial charge >= 0.3 is 0 Å². The van der Waals surface area contributed by atoms with Crippen molar-refractivity contribution in [1.29, 1.82) is 0 Å². The van der Waals surface area contributed by atoms with Gasteiger partial charge in [-0.2, -0.15) is 0 Å². The van der Waals surface area contributed by atoms with Crippen LogP contribution < -0.4 is 0 Å². The first-order valence-corrected chi connectivity index (χ1v) is 15.3. The van der Waals surface area contributed by atoms with Crippen molar-refractivity contribution in [3.05, 3.63) is 143 Å². The number of hydrogen-bond acceptors (Lipinski definition) is 2. The van der Waals surface area contributed by atoms with Crippen molar-refractivity contribution < 1.29 is 5.11 Å². The Morgan fingerprint density at radius 3 is 2.14 bits per heavy atom. The number of aliphatic imine (C=N–C) groups is 1. The van der Waals surface area contributed by atoms with Gasteiger partial charge in [0.25, 0.3) is 0 Å². The fourth-order valence-electron chi connectivity index (χ4n) is 6.71. The quantitative estimate of drug-likeness (QED) is 0.184. The maximum absolute atomic E-state index is 10.7. The molecule has 4 aromatic rings. The summed E-state index contributed by atoms with van der Waals surface area (Å²) in [5, 5.41) is 10.7. The molecule has 2 aliphatic carbocycles. The van der Waals surface area contributed by atoms with Gasteiger partial charge in [-0.3, -0.25) is 4.99 Å². The van der Waals surface area contributed by atoms with E-state index in [0.29, 0.717) is 11.7 Å². The van der Waals surface area contributed by atoms with Gasteiger partial charge in [-0.05, 0) is 82.0 Å². The molecule has 2 heteroatoms. The van der Waals surface area contributed by atoms with E-state index in [1.807, 2.05) is 42.5 Å². The lowest BCUT2D eigenvalue weighted by atomic mass is 9.65. The zero-order valence-electron chi connectivity index (χ0n) is 25.6. The topological polar surface area (TPSA) is 32.6 Å². The normalized spacial score (nSPS) is 15.5. The molecule has 1 N–H and O–H groups in total. The Kier molecular flexibility index (Phi) is 7.68. The minimum atomic E-state index is -0.136. The molecule has 0 fully saturated rings. The highest BCUT2D eigenvalue weighted by Crippen LogP contribution is 2.57. The van der Waals surface area contributed by atoms with Crippen LogP contribution >= 0.6 is 0 Å². The molecule has 214 valence electrons. The van der Waals surface area contributed by atoms with Crippen LogP contribution in [0.3, 0.4) is 0 Å². The van der Waals surface area contributed by atoms with E-state index in [1.165, 1.54) is 27.8 Å². The number of hydrogen-bond donors (Lipinski definition) is 1. The summed E-state index contributed by atoms with van der Waals surface area (Å²) in [5.41, 5.74) is 10.3. The molecule has 0 saturated carbocycles. The second kappa shape index (κ2) is 11.6. The number of rotatable bonds is 6. The van der Waals surface area contributed by atoms with Crippen LogP contribution in [0.4, 0.5) is 5.69 Å². The summed E-state index contributed by atoms with van der Waals surface area (Å²) in [6, 6.07) is 31.7. The number of phenols is 1. The molecule has 0 spiro atoms. The van der Waals surface area contributed by atoms with E-state index in [2.05, 4.69) is 111 Å². The highest BCUT2D eigenvalue weighted by molar-refractivity contribution is 5.86. The van der Waals surface area contributed by atoms with Crippen LogP contribution in [0.25, 0.3) is 11.1 Å². The Balaban J connectivity index is 1.19. The maximum atomic E-state index is 10.7. The molecule has 0 saturated heterocycles. The molecule has 2 nitrogen and oxygen atoms in total. The molecule has 0 bridgehead atoms. The summed E-state index contributed by atoms with van der Waals surface area (Å²) < 4.78 is 0. The van der Waals surface area contributed by atoms with Crippen molar-refractivity contribution >= 4 is 11.9 Å². The summed E-state index contributed by atoms with van der Waals surface area (Å²) in [4.78, 5) is 4.61. The van der Waals surface area contributed by atoms with Crippen molar-refractivity contribution in [1.82, 2.24) is 0 Å². The Morgan fingerprint density at radius 2 is 1.51 bits per heavy atom. The van der Waals surface area contributed by atoms with Gasteiger partial charge in [0.1, 0.15) is 5.75 Å². The predicted molar refractivity (Wildman–Crippen MR) is 180 cm³/mol. The first kappa shape index (κ1) is 28.5. The number of phenolic OH excluding ortho intramolecular Hbond substituents is 1. The largest absolute Gasteiger partial charge is 0.507 e. The third-order valence-corrected chi connectivity index (χ3v) is 9.00. The highest BCUT2D eigenvalue weighted by Gasteiger charge is 2.43. The van der Waals surface area contributed by atoms with E-state index in [4.69, 9.17) is 0 Å². The molecule has 0 heterocycles. The highest BCUT2D eigenvalue weighted by atomic mass is 16.3. The monoisotopic (exact) mass is 561 g/mol. The molecular weight excluding hydrogens is 522 g/mol. The second-order valence-corrected chi connectivity index (χ2v) is 12.9. The summed E-state index contributed by atoms with van der Waals surface area (Å²) in [7, 11) is 0. The Labute approximate surface area is 256 Å². The Hall–Kier alpha value is -4.61. The zero-order valence-corrected chi connectivity index (χ0v) is 25.6. The summed E-state index contributed by atoms with van der Waals surface area (Å²) in [6.07, 6.45) is 11.5. The molecule has 6 rings (SSSR count). The van der Waals surface area contributed by atoms with Crippen molar-refractivity contribution in [2.45, 2.75) is 58.3 Å². The lowest BCUT2D eigenvalue weighted by Gasteiger charge is -2.38. The first-order valence-electron chi connectivity index (χ1n) is 15.3. The SMILES string of the molecule is CC(C)(C)c1cccc(/C=N/c2ccc(C#CCCC(C)(C3=CCC=C3)C3c4ccccc4-c4ccccc43)cc2)c1O. The van der Waals surface area contributed by atoms with Gasteiger partial charge in [-0.25, -0.2) is 0 Å². The number of fused-ring (bicyclic) bond motifs is 3. The molecule has 1 atom stereocenters. The number of aromatic hydroxyl groups is 1. The van der Waals surface area contributed by atoms with Gasteiger partial charge < -0.3 is 5.11 Å². The average Bonchev–Trinajstić information content (AvgIpc) is 3.67. The minimum absolute atomic E-state index is 0.0567. The van der Waals surface area contributed by atoms with E-state index in [1.54, 1.807) is 6.21 Å². The van der Waals surface area contributed by atoms with E-state index < -0.39 is 0 Å². The molecule has 43 heavy (non-hydrogen) atoms. The van der Waals surface area contributed by atoms with Gasteiger partial charge in [-0.15, -0.1) is 0 Å². The minimum Gasteiger partial charge on any atom is -0.507 e. The number of benzene rings is 4. The fourth-order valence-corrected chi connectivity index (χ4v) is 6.71. The van der Waals surface area contributed by atoms with Crippen molar-refractivity contribution in [3.8, 4) is 28.7 Å². The zero-order chi connectivity index (χ0) is 30.0. The smallest absolute Gasteiger partial charge is 0.128 e. The van der Waals surface area contributed by atoms with Crippen molar-refractivity contribution in [2.24, 2.45) is 10.4 Å². The van der Waals surface area contributed by atoms with Crippen LogP contribution in [0.15, 0.2) is 120 Å². The molecule has 0 aliphatic heterocycles. The molecule has 1 unspecified atom stereocenters. The van der Waals surface area contributed by atoms with E-state index in [0.717, 1.165) is 41.6 Å². The third kappa shape index (κ3) is 5.61. The van der Waals surface area contributed by atoms with E-state index in [-0.39, 0.29) is 10.8 Å². The molecule has 2 aliphatic rings. The van der Waals surface area contributed by atoms with Crippen LogP contribution in [0.2, 0.25) is 0 Å². The van der Waals surface area contributed by atoms with Gasteiger partial charge in [0.05, 0.1) is 5.69 Å². The molecule has 4 aromatic carbocycles. The van der Waals surface area contributed by atoms with Crippen LogP contribution in [-0.2, 0) is 5.41 Å². The summed E-state index contributed by atoms with van der Waals surface area (Å²) in [5.74, 6) is 7.47. The van der Waals surface area contributed by atoms with Gasteiger partial charge in [0.15, 0.2) is 0 Å². The number of nitrogens with zero attached hydrogens (tertiary/aromatic N) is 1. The van der Waals surface area contributed by atoms with Crippen LogP contribution in [-0.4, -0.2) is 11.3 Å². The second-order valence-electron chi connectivity index (χ2n) is 12.9. The molecule has 0 aromatic heterocycles. The lowest BCUT2D eigenvalue weighted by Crippen LogP contribution is -2.27. The maximum Gasteiger partial charge on any atom is 0.128 e. The number of para-hydroxylation sites is 1. The average molecular weight is 562 g/mol. The first-order chi connectivity index (χ1) is 20.8. The molecule has 0 radical (unpaired) electrons. The van der Waals surface area contributed by atoms with E-state index >= 15 is 0 Å². The van der Waals surface area contributed by atoms with Crippen LogP contribution in [0.5, 0.6) is 5.75 Å². The lowest BCUT2D eigenvalue weighted by molar-refractivity contribution is 0.335. The van der Waals surface area contributed by atoms with Crippen LogP contribution in [0, 0.1) is 17.3 Å². The van der Waals surface area contributed by atoms with Gasteiger partial charge in [0.2, 0.25) is 0 Å². The van der Waals surface area contributed by atoms with Gasteiger partial charge in [0, 0.05) is 35.1 Å². The van der Waals surface area contributed by atoms with E-state index in [9.17, 15) is 5.11 Å². The van der Waals surface area contributed by atoms with Gasteiger partial charge in [-0.1, -0.05) is 118 Å². The number of allylic oxidation sites excluding steroid dienone is 4. The third-order valence-electron chi connectivity index (χ3n) is 9.00. The van der Waals surface area contributed by atoms with Crippen LogP contribution in [0.1, 0.15) is 80.7 Å². The Bertz CT molecular complexity index is 1760. The fraction of sp³-hybridized carbons (Fsp3) is 0.244. The summed E-state index contributed by atoms with van der Waals surface area (Å²) >= 11 is 0. The molecule has 0 amide bonds. The molecular formula is C41H39NO. The predicted octanol–water partition coefficient (Wildman–Crippen LogP) is 10.3. The Morgan fingerprint density at radius 1 is 0.837 bits per heavy atom. The summed E-state index contributed by atoms with van der Waals surface area (Å²) in [6.45, 7) is 8.72. The van der Waals surface area contributed by atoms with Crippen molar-refractivity contribution in [3.63, 3.8) is 0 Å².